The molecule has 4 aromatic rings. The number of thioether (sulfide) groups is 1. The molecule has 0 radical (unpaired) electrons. The van der Waals surface area contributed by atoms with Gasteiger partial charge in [0.15, 0.2) is 6.61 Å². The molecular formula is C29H22FN3O6S2. The number of hydrogen-bond donors (Lipinski definition) is 2. The second-order valence-electron chi connectivity index (χ2n) is 9.38. The van der Waals surface area contributed by atoms with Gasteiger partial charge in [-0.3, -0.25) is 19.2 Å². The van der Waals surface area contributed by atoms with Crippen LogP contribution in [-0.2, 0) is 14.4 Å². The molecular weight excluding hydrogens is 569 g/mol. The fraction of sp³-hybridized carbons (Fsp3) is 0.172. The van der Waals surface area contributed by atoms with Crippen LogP contribution in [0.3, 0.4) is 0 Å². The summed E-state index contributed by atoms with van der Waals surface area (Å²) in [5.74, 6) is -1.94. The zero-order chi connectivity index (χ0) is 28.7. The summed E-state index contributed by atoms with van der Waals surface area (Å²) in [7, 11) is 1.53. The highest BCUT2D eigenvalue weighted by Gasteiger charge is 2.56. The number of anilines is 2. The lowest BCUT2D eigenvalue weighted by atomic mass is 9.83. The van der Waals surface area contributed by atoms with E-state index in [0.717, 1.165) is 11.3 Å². The number of carbonyl (C=O) groups excluding carboxylic acids is 3. The number of ether oxygens (including phenoxy) is 2. The van der Waals surface area contributed by atoms with Crippen LogP contribution in [0.2, 0.25) is 0 Å². The van der Waals surface area contributed by atoms with Gasteiger partial charge in [0.25, 0.3) is 5.91 Å². The third-order valence-electron chi connectivity index (χ3n) is 6.87. The van der Waals surface area contributed by atoms with Crippen LogP contribution in [0.1, 0.15) is 16.4 Å². The molecule has 12 heteroatoms. The van der Waals surface area contributed by atoms with Gasteiger partial charge in [-0.2, -0.15) is 0 Å². The first-order valence-corrected chi connectivity index (χ1v) is 14.2. The van der Waals surface area contributed by atoms with Crippen LogP contribution in [0.4, 0.5) is 15.8 Å². The second kappa shape index (κ2) is 10.9. The van der Waals surface area contributed by atoms with E-state index in [0.29, 0.717) is 38.3 Å². The van der Waals surface area contributed by atoms with E-state index in [4.69, 9.17) is 9.47 Å². The maximum atomic E-state index is 13.9. The van der Waals surface area contributed by atoms with Crippen molar-refractivity contribution < 1.29 is 28.2 Å². The standard InChI is InChI=1S/C29H22FN3O6S2/c1-38-19-11-9-18(10-12-19)33-27(35)23-22(24-26(32-29(37)41-24)40-25(23)28(33)36)15-3-2-4-20(13-15)39-14-21(34)31-17-7-5-16(30)6-8-17/h2-13,22-23,25H,14H2,1H3,(H,31,34)(H,32,37)/t22-,23-,25+/m0/s1. The number of aromatic amines is 1. The van der Waals surface area contributed by atoms with Crippen molar-refractivity contribution in [3.05, 3.63) is 98.7 Å². The van der Waals surface area contributed by atoms with E-state index in [-0.39, 0.29) is 23.3 Å². The van der Waals surface area contributed by atoms with E-state index in [1.165, 1.54) is 48.0 Å². The van der Waals surface area contributed by atoms with Crippen LogP contribution >= 0.6 is 23.1 Å². The molecule has 0 bridgehead atoms. The number of rotatable bonds is 7. The van der Waals surface area contributed by atoms with E-state index >= 15 is 0 Å². The number of H-pyrrole nitrogens is 1. The van der Waals surface area contributed by atoms with Gasteiger partial charge < -0.3 is 19.8 Å². The first-order valence-electron chi connectivity index (χ1n) is 12.5. The Morgan fingerprint density at radius 3 is 2.49 bits per heavy atom. The van der Waals surface area contributed by atoms with Crippen LogP contribution < -0.4 is 24.6 Å². The largest absolute Gasteiger partial charge is 0.497 e. The van der Waals surface area contributed by atoms with Crippen molar-refractivity contribution >= 4 is 52.2 Å². The normalized spacial score (nSPS) is 19.5. The van der Waals surface area contributed by atoms with Crippen LogP contribution in [-0.4, -0.2) is 41.7 Å². The molecule has 9 nitrogen and oxygen atoms in total. The van der Waals surface area contributed by atoms with Gasteiger partial charge in [0.1, 0.15) is 22.6 Å². The number of benzene rings is 3. The van der Waals surface area contributed by atoms with Gasteiger partial charge in [0.05, 0.1) is 23.7 Å². The number of aromatic nitrogens is 1. The predicted octanol–water partition coefficient (Wildman–Crippen LogP) is 4.40. The fourth-order valence-electron chi connectivity index (χ4n) is 5.04. The minimum atomic E-state index is -0.759. The van der Waals surface area contributed by atoms with Crippen molar-refractivity contribution in [2.45, 2.75) is 16.2 Å². The third kappa shape index (κ3) is 5.11. The molecule has 208 valence electrons. The molecule has 1 aromatic heterocycles. The second-order valence-corrected chi connectivity index (χ2v) is 11.5. The molecule has 1 saturated heterocycles. The summed E-state index contributed by atoms with van der Waals surface area (Å²) in [6.45, 7) is -0.307. The van der Waals surface area contributed by atoms with Crippen molar-refractivity contribution in [1.82, 2.24) is 4.98 Å². The molecule has 1 fully saturated rings. The van der Waals surface area contributed by atoms with Crippen molar-refractivity contribution in [1.29, 1.82) is 0 Å². The number of nitrogens with one attached hydrogen (secondary N) is 2. The molecule has 3 amide bonds. The van der Waals surface area contributed by atoms with Crippen molar-refractivity contribution in [2.75, 3.05) is 23.9 Å². The first kappa shape index (κ1) is 26.8. The average Bonchev–Trinajstić information content (AvgIpc) is 3.47. The topological polar surface area (TPSA) is 118 Å². The highest BCUT2D eigenvalue weighted by molar-refractivity contribution is 8.00. The lowest BCUT2D eigenvalue weighted by molar-refractivity contribution is -0.122. The van der Waals surface area contributed by atoms with E-state index in [1.54, 1.807) is 42.5 Å². The smallest absolute Gasteiger partial charge is 0.305 e. The summed E-state index contributed by atoms with van der Waals surface area (Å²) >= 11 is 2.21. The summed E-state index contributed by atoms with van der Waals surface area (Å²) in [4.78, 5) is 56.6. The molecule has 41 heavy (non-hydrogen) atoms. The Labute approximate surface area is 241 Å². The highest BCUT2D eigenvalue weighted by atomic mass is 32.2. The predicted molar refractivity (Wildman–Crippen MR) is 152 cm³/mol. The van der Waals surface area contributed by atoms with Gasteiger partial charge in [-0.15, -0.1) is 0 Å². The van der Waals surface area contributed by atoms with E-state index < -0.39 is 28.8 Å². The Hall–Kier alpha value is -4.42. The van der Waals surface area contributed by atoms with Gasteiger partial charge in [-0.25, -0.2) is 9.29 Å². The Morgan fingerprint density at radius 2 is 1.76 bits per heavy atom. The number of methoxy groups -OCH3 is 1. The summed E-state index contributed by atoms with van der Waals surface area (Å²) in [6.07, 6.45) is 0. The Balaban J connectivity index is 1.28. The minimum absolute atomic E-state index is 0.274. The van der Waals surface area contributed by atoms with E-state index in [2.05, 4.69) is 10.3 Å². The molecule has 3 atom stereocenters. The van der Waals surface area contributed by atoms with E-state index in [1.807, 2.05) is 6.07 Å². The van der Waals surface area contributed by atoms with Gasteiger partial charge in [-0.05, 0) is 66.2 Å². The quantitative estimate of drug-likeness (QED) is 0.306. The van der Waals surface area contributed by atoms with Gasteiger partial charge >= 0.3 is 4.87 Å². The van der Waals surface area contributed by atoms with Gasteiger partial charge in [0.2, 0.25) is 11.8 Å². The lowest BCUT2D eigenvalue weighted by Crippen LogP contribution is -2.32. The number of fused-ring (bicyclic) bond motifs is 2. The maximum absolute atomic E-state index is 13.9. The lowest BCUT2D eigenvalue weighted by Gasteiger charge is -2.30. The summed E-state index contributed by atoms with van der Waals surface area (Å²) in [5.41, 5.74) is 1.54. The molecule has 0 spiro atoms. The van der Waals surface area contributed by atoms with Crippen LogP contribution in [0.5, 0.6) is 11.5 Å². The van der Waals surface area contributed by atoms with Crippen molar-refractivity contribution in [3.8, 4) is 11.5 Å². The monoisotopic (exact) mass is 591 g/mol. The van der Waals surface area contributed by atoms with Crippen molar-refractivity contribution in [3.63, 3.8) is 0 Å². The number of hydrogen-bond acceptors (Lipinski definition) is 8. The maximum Gasteiger partial charge on any atom is 0.305 e. The van der Waals surface area contributed by atoms with Gasteiger partial charge in [-0.1, -0.05) is 35.2 Å². The number of halogens is 1. The minimum Gasteiger partial charge on any atom is -0.497 e. The summed E-state index contributed by atoms with van der Waals surface area (Å²) in [6, 6.07) is 19.0. The number of thiazole rings is 1. The third-order valence-corrected chi connectivity index (χ3v) is 9.27. The fourth-order valence-corrected chi connectivity index (χ4v) is 7.55. The Kier molecular flexibility index (Phi) is 7.10. The molecule has 3 aromatic carbocycles. The van der Waals surface area contributed by atoms with Gasteiger partial charge in [0, 0.05) is 16.5 Å². The molecule has 0 aliphatic carbocycles. The summed E-state index contributed by atoms with van der Waals surface area (Å²) in [5, 5.41) is 2.46. The molecule has 0 unspecified atom stereocenters. The molecule has 2 aliphatic rings. The van der Waals surface area contributed by atoms with Crippen LogP contribution in [0.15, 0.2) is 82.6 Å². The zero-order valence-electron chi connectivity index (χ0n) is 21.5. The number of carbonyl (C=O) groups is 3. The molecule has 3 heterocycles. The molecule has 2 aliphatic heterocycles. The van der Waals surface area contributed by atoms with Crippen LogP contribution in [0.25, 0.3) is 0 Å². The first-order chi connectivity index (χ1) is 19.8. The average molecular weight is 592 g/mol. The summed E-state index contributed by atoms with van der Waals surface area (Å²) < 4.78 is 24.1. The SMILES string of the molecule is COc1ccc(N2C(=O)[C@H]3[C@H](c4cccc(OCC(=O)Nc5ccc(F)cc5)c4)c4sc(=O)[nH]c4S[C@H]3C2=O)cc1. The zero-order valence-corrected chi connectivity index (χ0v) is 23.1. The number of amides is 3. The van der Waals surface area contributed by atoms with Crippen LogP contribution in [0, 0.1) is 11.7 Å². The molecule has 0 saturated carbocycles. The van der Waals surface area contributed by atoms with Crippen molar-refractivity contribution in [2.24, 2.45) is 5.92 Å². The van der Waals surface area contributed by atoms with E-state index in [9.17, 15) is 23.6 Å². The Morgan fingerprint density at radius 1 is 1.00 bits per heavy atom. The Bertz CT molecular complexity index is 1700. The molecule has 6 rings (SSSR count). The molecule has 2 N–H and O–H groups in total. The number of nitrogens with zero attached hydrogens (tertiary/aromatic N) is 1. The number of imide groups is 1. The highest BCUT2D eigenvalue weighted by Crippen LogP contribution is 2.53.